The summed E-state index contributed by atoms with van der Waals surface area (Å²) in [6.07, 6.45) is 4.63. The fourth-order valence-corrected chi connectivity index (χ4v) is 3.80. The van der Waals surface area contributed by atoms with Gasteiger partial charge >= 0.3 is 0 Å². The molecule has 2 atom stereocenters. The van der Waals surface area contributed by atoms with Crippen molar-refractivity contribution >= 4 is 53.1 Å². The first-order chi connectivity index (χ1) is 13.0. The average Bonchev–Trinajstić information content (AvgIpc) is 3.30. The number of aryl methyl sites for hydroxylation is 1. The van der Waals surface area contributed by atoms with E-state index in [0.29, 0.717) is 25.0 Å². The molecule has 9 heteroatoms. The molecule has 0 bridgehead atoms. The molecular formula is C19H24ClIN6O. The third kappa shape index (κ3) is 4.43. The first-order valence-corrected chi connectivity index (χ1v) is 9.45. The smallest absolute Gasteiger partial charge is 0.246 e. The number of guanidine groups is 1. The number of nitrogens with zero attached hydrogens (tertiary/aromatic N) is 5. The fraction of sp³-hybridized carbons (Fsp3) is 0.421. The first kappa shape index (κ1) is 20.9. The van der Waals surface area contributed by atoms with Crippen LogP contribution in [-0.4, -0.2) is 59.3 Å². The van der Waals surface area contributed by atoms with Crippen molar-refractivity contribution in [2.45, 2.75) is 18.4 Å². The molecule has 28 heavy (non-hydrogen) atoms. The molecule has 1 aromatic carbocycles. The second kappa shape index (κ2) is 8.69. The van der Waals surface area contributed by atoms with Crippen LogP contribution in [0, 0.1) is 0 Å². The molecule has 1 aromatic heterocycles. The zero-order valence-electron chi connectivity index (χ0n) is 15.9. The molecule has 1 N–H and O–H groups in total. The number of carbonyl (C=O) groups is 1. The topological polar surface area (TPSA) is 65.8 Å². The molecule has 2 aromatic rings. The van der Waals surface area contributed by atoms with Gasteiger partial charge in [0.15, 0.2) is 5.96 Å². The Hall–Kier alpha value is -1.81. The van der Waals surface area contributed by atoms with E-state index in [9.17, 15) is 4.79 Å². The van der Waals surface area contributed by atoms with Gasteiger partial charge in [0.05, 0.1) is 11.9 Å². The maximum atomic E-state index is 12.6. The number of aromatic nitrogens is 2. The Bertz CT molecular complexity index is 885. The van der Waals surface area contributed by atoms with Crippen LogP contribution >= 0.6 is 35.6 Å². The van der Waals surface area contributed by atoms with Crippen LogP contribution < -0.4 is 10.2 Å². The van der Waals surface area contributed by atoms with Gasteiger partial charge < -0.3 is 15.1 Å². The third-order valence-corrected chi connectivity index (χ3v) is 5.35. The second-order valence-corrected chi connectivity index (χ2v) is 7.47. The third-order valence-electron chi connectivity index (χ3n) is 5.12. The summed E-state index contributed by atoms with van der Waals surface area (Å²) < 4.78 is 1.71. The highest BCUT2D eigenvalue weighted by molar-refractivity contribution is 14.0. The van der Waals surface area contributed by atoms with Crippen molar-refractivity contribution in [1.82, 2.24) is 20.0 Å². The number of halogens is 2. The number of nitrogens with one attached hydrogen (secondary N) is 1. The van der Waals surface area contributed by atoms with E-state index in [1.807, 2.05) is 36.3 Å². The summed E-state index contributed by atoms with van der Waals surface area (Å²) in [6, 6.07) is 8.33. The SMILES string of the molecule is CN=C(NC1CC1c1cccc(Cl)c1)N1CCN(c2cnn(C)c2)C(=O)C1.I. The highest BCUT2D eigenvalue weighted by Gasteiger charge is 2.40. The summed E-state index contributed by atoms with van der Waals surface area (Å²) in [7, 11) is 3.61. The molecule has 2 unspecified atom stereocenters. The molecule has 0 radical (unpaired) electrons. The quantitative estimate of drug-likeness (QED) is 0.388. The molecule has 1 amide bonds. The summed E-state index contributed by atoms with van der Waals surface area (Å²) in [6.45, 7) is 1.66. The Balaban J connectivity index is 0.00000225. The summed E-state index contributed by atoms with van der Waals surface area (Å²) in [5.41, 5.74) is 2.08. The minimum Gasteiger partial charge on any atom is -0.353 e. The van der Waals surface area contributed by atoms with E-state index in [4.69, 9.17) is 11.6 Å². The monoisotopic (exact) mass is 514 g/mol. The van der Waals surface area contributed by atoms with Gasteiger partial charge in [-0.25, -0.2) is 0 Å². The highest BCUT2D eigenvalue weighted by atomic mass is 127. The molecule has 4 rings (SSSR count). The number of piperazine rings is 1. The predicted octanol–water partition coefficient (Wildman–Crippen LogP) is 2.47. The van der Waals surface area contributed by atoms with Gasteiger partial charge in [-0.2, -0.15) is 5.10 Å². The maximum Gasteiger partial charge on any atom is 0.246 e. The van der Waals surface area contributed by atoms with E-state index in [-0.39, 0.29) is 29.9 Å². The van der Waals surface area contributed by atoms with Gasteiger partial charge in [-0.15, -0.1) is 24.0 Å². The van der Waals surface area contributed by atoms with E-state index < -0.39 is 0 Å². The Morgan fingerprint density at radius 3 is 2.82 bits per heavy atom. The molecule has 1 saturated heterocycles. The predicted molar refractivity (Wildman–Crippen MR) is 122 cm³/mol. The largest absolute Gasteiger partial charge is 0.353 e. The number of anilines is 1. The summed E-state index contributed by atoms with van der Waals surface area (Å²) >= 11 is 6.10. The molecule has 7 nitrogen and oxygen atoms in total. The van der Waals surface area contributed by atoms with Crippen LogP contribution in [0.1, 0.15) is 17.9 Å². The standard InChI is InChI=1S/C19H23ClN6O.HI/c1-21-19(23-17-9-16(17)13-4-3-5-14(20)8-13)25-6-7-26(18(27)12-25)15-10-22-24(2)11-15;/h3-5,8,10-11,16-17H,6-7,9,12H2,1-2H3,(H,21,23);1H. The van der Waals surface area contributed by atoms with Crippen LogP contribution in [-0.2, 0) is 11.8 Å². The molecule has 150 valence electrons. The Kier molecular flexibility index (Phi) is 6.49. The van der Waals surface area contributed by atoms with Crippen LogP contribution in [0.3, 0.4) is 0 Å². The van der Waals surface area contributed by atoms with E-state index in [1.165, 1.54) is 5.56 Å². The highest BCUT2D eigenvalue weighted by Crippen LogP contribution is 2.41. The van der Waals surface area contributed by atoms with Gasteiger partial charge in [0.25, 0.3) is 0 Å². The molecule has 2 fully saturated rings. The van der Waals surface area contributed by atoms with Crippen LogP contribution in [0.4, 0.5) is 5.69 Å². The van der Waals surface area contributed by atoms with Gasteiger partial charge in [0, 0.05) is 50.4 Å². The van der Waals surface area contributed by atoms with Crippen molar-refractivity contribution in [3.8, 4) is 0 Å². The Morgan fingerprint density at radius 2 is 2.18 bits per heavy atom. The molecule has 1 aliphatic carbocycles. The summed E-state index contributed by atoms with van der Waals surface area (Å²) in [4.78, 5) is 20.8. The van der Waals surface area contributed by atoms with Gasteiger partial charge in [-0.1, -0.05) is 23.7 Å². The number of aliphatic imine (C=N–C) groups is 1. The lowest BCUT2D eigenvalue weighted by Gasteiger charge is -2.35. The fourth-order valence-electron chi connectivity index (χ4n) is 3.60. The number of hydrogen-bond acceptors (Lipinski definition) is 3. The minimum absolute atomic E-state index is 0. The zero-order valence-corrected chi connectivity index (χ0v) is 19.0. The van der Waals surface area contributed by atoms with E-state index in [1.54, 1.807) is 22.8 Å². The average molecular weight is 515 g/mol. The molecule has 2 heterocycles. The molecular weight excluding hydrogens is 491 g/mol. The number of amides is 1. The van der Waals surface area contributed by atoms with Crippen molar-refractivity contribution in [3.05, 3.63) is 47.2 Å². The van der Waals surface area contributed by atoms with Crippen molar-refractivity contribution in [2.75, 3.05) is 31.6 Å². The molecule has 0 spiro atoms. The lowest BCUT2D eigenvalue weighted by atomic mass is 10.1. The second-order valence-electron chi connectivity index (χ2n) is 7.03. The van der Waals surface area contributed by atoms with Gasteiger partial charge in [0.1, 0.15) is 6.54 Å². The number of benzene rings is 1. The minimum atomic E-state index is 0. The van der Waals surface area contributed by atoms with E-state index >= 15 is 0 Å². The molecule has 2 aliphatic rings. The van der Waals surface area contributed by atoms with Gasteiger partial charge in [-0.3, -0.25) is 14.5 Å². The normalized spacial score (nSPS) is 22.1. The van der Waals surface area contributed by atoms with Crippen LogP contribution in [0.25, 0.3) is 0 Å². The van der Waals surface area contributed by atoms with Gasteiger partial charge in [0.2, 0.25) is 5.91 Å². The Morgan fingerprint density at radius 1 is 1.36 bits per heavy atom. The van der Waals surface area contributed by atoms with E-state index in [0.717, 1.165) is 29.6 Å². The zero-order chi connectivity index (χ0) is 19.0. The Labute approximate surface area is 186 Å². The van der Waals surface area contributed by atoms with Crippen LogP contribution in [0.2, 0.25) is 5.02 Å². The molecule has 1 aliphatic heterocycles. The number of rotatable bonds is 3. The van der Waals surface area contributed by atoms with Gasteiger partial charge in [-0.05, 0) is 24.1 Å². The van der Waals surface area contributed by atoms with Crippen LogP contribution in [0.15, 0.2) is 41.7 Å². The van der Waals surface area contributed by atoms with Crippen molar-refractivity contribution in [3.63, 3.8) is 0 Å². The van der Waals surface area contributed by atoms with Crippen molar-refractivity contribution < 1.29 is 4.79 Å². The van der Waals surface area contributed by atoms with Crippen molar-refractivity contribution in [1.29, 1.82) is 0 Å². The number of hydrogen-bond donors (Lipinski definition) is 1. The van der Waals surface area contributed by atoms with Crippen molar-refractivity contribution in [2.24, 2.45) is 12.0 Å². The number of carbonyl (C=O) groups excluding carboxylic acids is 1. The van der Waals surface area contributed by atoms with E-state index in [2.05, 4.69) is 21.5 Å². The lowest BCUT2D eigenvalue weighted by Crippen LogP contribution is -2.55. The lowest BCUT2D eigenvalue weighted by molar-refractivity contribution is -0.120. The first-order valence-electron chi connectivity index (χ1n) is 9.08. The summed E-state index contributed by atoms with van der Waals surface area (Å²) in [5, 5.41) is 8.42. The maximum absolute atomic E-state index is 12.6. The van der Waals surface area contributed by atoms with Crippen LogP contribution in [0.5, 0.6) is 0 Å². The molecule has 1 saturated carbocycles. The summed E-state index contributed by atoms with van der Waals surface area (Å²) in [5.74, 6) is 1.27.